The monoisotopic (exact) mass is 326 g/mol. The standard InChI is InChI=1S/C15H23ClN4O2/c1-10-5-11(3-4-14(10)16)18-15(21)8-17-7-12-6-13(9-22-2)20-19-12/h3-5,12-13,17,19-20H,6-9H2,1-2H3,(H,18,21). The lowest BCUT2D eigenvalue weighted by molar-refractivity contribution is -0.115. The van der Waals surface area contributed by atoms with E-state index in [-0.39, 0.29) is 12.5 Å². The van der Waals surface area contributed by atoms with Crippen LogP contribution < -0.4 is 21.5 Å². The van der Waals surface area contributed by atoms with Gasteiger partial charge in [-0.05, 0) is 37.1 Å². The van der Waals surface area contributed by atoms with E-state index in [2.05, 4.69) is 21.5 Å². The van der Waals surface area contributed by atoms with Crippen molar-refractivity contribution in [2.75, 3.05) is 32.1 Å². The molecule has 1 heterocycles. The van der Waals surface area contributed by atoms with Crippen LogP contribution in [0.15, 0.2) is 18.2 Å². The fraction of sp³-hybridized carbons (Fsp3) is 0.533. The Bertz CT molecular complexity index is 512. The van der Waals surface area contributed by atoms with Crippen LogP contribution in [-0.4, -0.2) is 44.8 Å². The molecule has 1 aromatic rings. The van der Waals surface area contributed by atoms with Crippen LogP contribution in [0.4, 0.5) is 5.69 Å². The Morgan fingerprint density at radius 2 is 2.18 bits per heavy atom. The molecule has 6 nitrogen and oxygen atoms in total. The molecule has 7 heteroatoms. The molecule has 1 aliphatic rings. The number of nitrogens with one attached hydrogen (secondary N) is 4. The molecule has 0 saturated carbocycles. The van der Waals surface area contributed by atoms with Gasteiger partial charge in [-0.1, -0.05) is 11.6 Å². The number of rotatable bonds is 7. The van der Waals surface area contributed by atoms with E-state index >= 15 is 0 Å². The van der Waals surface area contributed by atoms with E-state index in [9.17, 15) is 4.79 Å². The number of amides is 1. The predicted molar refractivity (Wildman–Crippen MR) is 88.0 cm³/mol. The van der Waals surface area contributed by atoms with Crippen LogP contribution in [0.1, 0.15) is 12.0 Å². The Labute approximate surface area is 135 Å². The van der Waals surface area contributed by atoms with Gasteiger partial charge < -0.3 is 15.4 Å². The first-order valence-corrected chi connectivity index (χ1v) is 7.73. The molecular weight excluding hydrogens is 304 g/mol. The molecule has 0 radical (unpaired) electrons. The van der Waals surface area contributed by atoms with E-state index in [1.54, 1.807) is 19.2 Å². The van der Waals surface area contributed by atoms with Gasteiger partial charge in [-0.2, -0.15) is 0 Å². The highest BCUT2D eigenvalue weighted by Crippen LogP contribution is 2.19. The second-order valence-electron chi connectivity index (χ2n) is 5.52. The first kappa shape index (κ1) is 17.2. The Morgan fingerprint density at radius 3 is 2.91 bits per heavy atom. The van der Waals surface area contributed by atoms with Crippen molar-refractivity contribution >= 4 is 23.2 Å². The molecule has 1 saturated heterocycles. The second kappa shape index (κ2) is 8.45. The Hall–Kier alpha value is -1.18. The van der Waals surface area contributed by atoms with Gasteiger partial charge in [0.2, 0.25) is 5.91 Å². The third-order valence-electron chi connectivity index (χ3n) is 3.55. The van der Waals surface area contributed by atoms with Crippen molar-refractivity contribution in [3.63, 3.8) is 0 Å². The third-order valence-corrected chi connectivity index (χ3v) is 3.97. The molecule has 1 fully saturated rings. The van der Waals surface area contributed by atoms with Crippen LogP contribution in [-0.2, 0) is 9.53 Å². The van der Waals surface area contributed by atoms with E-state index in [1.807, 2.05) is 13.0 Å². The molecular formula is C15H23ClN4O2. The molecule has 4 N–H and O–H groups in total. The van der Waals surface area contributed by atoms with E-state index in [4.69, 9.17) is 16.3 Å². The van der Waals surface area contributed by atoms with E-state index in [0.29, 0.717) is 23.7 Å². The Balaban J connectivity index is 1.67. The molecule has 0 bridgehead atoms. The third kappa shape index (κ3) is 5.23. The number of anilines is 1. The number of benzene rings is 1. The maximum atomic E-state index is 11.9. The fourth-order valence-corrected chi connectivity index (χ4v) is 2.55. The summed E-state index contributed by atoms with van der Waals surface area (Å²) >= 11 is 5.96. The average molecular weight is 327 g/mol. The lowest BCUT2D eigenvalue weighted by Crippen LogP contribution is -2.41. The molecule has 122 valence electrons. The number of hydrazine groups is 1. The van der Waals surface area contributed by atoms with Crippen LogP contribution in [0.5, 0.6) is 0 Å². The molecule has 0 spiro atoms. The normalized spacial score (nSPS) is 21.0. The van der Waals surface area contributed by atoms with Crippen LogP contribution >= 0.6 is 11.6 Å². The van der Waals surface area contributed by atoms with Crippen molar-refractivity contribution in [1.82, 2.24) is 16.2 Å². The van der Waals surface area contributed by atoms with Gasteiger partial charge in [0.1, 0.15) is 0 Å². The van der Waals surface area contributed by atoms with Crippen LogP contribution in [0, 0.1) is 6.92 Å². The van der Waals surface area contributed by atoms with Gasteiger partial charge in [0.15, 0.2) is 0 Å². The zero-order valence-corrected chi connectivity index (χ0v) is 13.7. The van der Waals surface area contributed by atoms with Crippen molar-refractivity contribution in [1.29, 1.82) is 0 Å². The quantitative estimate of drug-likeness (QED) is 0.603. The number of hydrogen-bond acceptors (Lipinski definition) is 5. The summed E-state index contributed by atoms with van der Waals surface area (Å²) in [6, 6.07) is 6.06. The largest absolute Gasteiger partial charge is 0.383 e. The van der Waals surface area contributed by atoms with Crippen LogP contribution in [0.2, 0.25) is 5.02 Å². The highest BCUT2D eigenvalue weighted by Gasteiger charge is 2.23. The minimum Gasteiger partial charge on any atom is -0.383 e. The lowest BCUT2D eigenvalue weighted by atomic mass is 10.1. The van der Waals surface area contributed by atoms with Crippen molar-refractivity contribution < 1.29 is 9.53 Å². The fourth-order valence-electron chi connectivity index (χ4n) is 2.43. The summed E-state index contributed by atoms with van der Waals surface area (Å²) in [5.41, 5.74) is 8.06. The van der Waals surface area contributed by atoms with E-state index < -0.39 is 0 Å². The zero-order valence-electron chi connectivity index (χ0n) is 12.9. The van der Waals surface area contributed by atoms with Crippen LogP contribution in [0.3, 0.4) is 0 Å². The summed E-state index contributed by atoms with van der Waals surface area (Å²) in [6.07, 6.45) is 0.971. The number of ether oxygens (including phenoxy) is 1. The van der Waals surface area contributed by atoms with Crippen molar-refractivity contribution in [3.05, 3.63) is 28.8 Å². The molecule has 2 atom stereocenters. The van der Waals surface area contributed by atoms with Crippen molar-refractivity contribution in [2.24, 2.45) is 0 Å². The lowest BCUT2D eigenvalue weighted by Gasteiger charge is -2.11. The molecule has 1 aromatic carbocycles. The molecule has 22 heavy (non-hydrogen) atoms. The minimum absolute atomic E-state index is 0.0684. The molecule has 2 unspecified atom stereocenters. The number of methoxy groups -OCH3 is 1. The second-order valence-corrected chi connectivity index (χ2v) is 5.92. The first-order valence-electron chi connectivity index (χ1n) is 7.35. The van der Waals surface area contributed by atoms with Gasteiger partial charge in [-0.25, -0.2) is 0 Å². The average Bonchev–Trinajstić information content (AvgIpc) is 2.91. The maximum absolute atomic E-state index is 11.9. The van der Waals surface area contributed by atoms with E-state index in [1.165, 1.54) is 0 Å². The smallest absolute Gasteiger partial charge is 0.238 e. The maximum Gasteiger partial charge on any atom is 0.238 e. The molecule has 1 aliphatic heterocycles. The highest BCUT2D eigenvalue weighted by atomic mass is 35.5. The summed E-state index contributed by atoms with van der Waals surface area (Å²) in [6.45, 7) is 3.58. The summed E-state index contributed by atoms with van der Waals surface area (Å²) in [7, 11) is 1.69. The SMILES string of the molecule is COCC1CC(CNCC(=O)Nc2ccc(Cl)c(C)c2)NN1. The van der Waals surface area contributed by atoms with Crippen molar-refractivity contribution in [3.8, 4) is 0 Å². The summed E-state index contributed by atoms with van der Waals surface area (Å²) in [5.74, 6) is -0.0684. The Kier molecular flexibility index (Phi) is 6.60. The number of hydrogen-bond donors (Lipinski definition) is 4. The number of carbonyl (C=O) groups excluding carboxylic acids is 1. The van der Waals surface area contributed by atoms with Crippen molar-refractivity contribution in [2.45, 2.75) is 25.4 Å². The zero-order chi connectivity index (χ0) is 15.9. The molecule has 2 rings (SSSR count). The van der Waals surface area contributed by atoms with Crippen LogP contribution in [0.25, 0.3) is 0 Å². The molecule has 1 amide bonds. The van der Waals surface area contributed by atoms with Gasteiger partial charge in [0, 0.05) is 36.4 Å². The molecule has 0 aliphatic carbocycles. The van der Waals surface area contributed by atoms with Gasteiger partial charge in [0.25, 0.3) is 0 Å². The molecule has 0 aromatic heterocycles. The number of aryl methyl sites for hydroxylation is 1. The predicted octanol–water partition coefficient (Wildman–Crippen LogP) is 1.06. The topological polar surface area (TPSA) is 74.4 Å². The van der Waals surface area contributed by atoms with Gasteiger partial charge in [-0.15, -0.1) is 0 Å². The highest BCUT2D eigenvalue weighted by molar-refractivity contribution is 6.31. The van der Waals surface area contributed by atoms with Gasteiger partial charge in [0.05, 0.1) is 13.2 Å². The number of halogens is 1. The summed E-state index contributed by atoms with van der Waals surface area (Å²) in [4.78, 5) is 11.9. The van der Waals surface area contributed by atoms with E-state index in [0.717, 1.165) is 24.2 Å². The minimum atomic E-state index is -0.0684. The first-order chi connectivity index (χ1) is 10.6. The Morgan fingerprint density at radius 1 is 1.41 bits per heavy atom. The summed E-state index contributed by atoms with van der Waals surface area (Å²) < 4.78 is 5.10. The van der Waals surface area contributed by atoms with Gasteiger partial charge >= 0.3 is 0 Å². The van der Waals surface area contributed by atoms with Gasteiger partial charge in [-0.3, -0.25) is 15.6 Å². The summed E-state index contributed by atoms with van der Waals surface area (Å²) in [5, 5.41) is 6.70. The number of carbonyl (C=O) groups is 1.